The molecule has 2 aliphatic carbocycles. The molecule has 10 heteroatoms. The normalized spacial score (nSPS) is 27.6. The van der Waals surface area contributed by atoms with Crippen molar-refractivity contribution in [1.82, 2.24) is 0 Å². The first-order valence-electron chi connectivity index (χ1n) is 16.1. The van der Waals surface area contributed by atoms with Gasteiger partial charge < -0.3 is 5.11 Å². The van der Waals surface area contributed by atoms with Gasteiger partial charge >= 0.3 is 0 Å². The summed E-state index contributed by atoms with van der Waals surface area (Å²) in [7, 11) is 0. The Morgan fingerprint density at radius 3 is 2.20 bits per heavy atom. The molecule has 6 atom stereocenters. The van der Waals surface area contributed by atoms with E-state index in [4.69, 9.17) is 34.8 Å². The molecule has 4 aromatic rings. The van der Waals surface area contributed by atoms with Crippen LogP contribution in [-0.2, 0) is 24.6 Å². The van der Waals surface area contributed by atoms with Gasteiger partial charge in [-0.25, -0.2) is 9.80 Å². The maximum atomic E-state index is 15.3. The number of rotatable bonds is 4. The number of aryl methyl sites for hydroxylation is 1. The van der Waals surface area contributed by atoms with Crippen molar-refractivity contribution in [3.05, 3.63) is 134 Å². The number of benzene rings is 4. The topological polar surface area (TPSA) is 95.0 Å². The number of amides is 4. The molecule has 49 heavy (non-hydrogen) atoms. The summed E-state index contributed by atoms with van der Waals surface area (Å²) in [6, 6.07) is 25.5. The van der Waals surface area contributed by atoms with Gasteiger partial charge in [-0.15, -0.1) is 0 Å². The summed E-state index contributed by atoms with van der Waals surface area (Å²) in [5.74, 6) is -5.64. The molecule has 3 fully saturated rings. The Kier molecular flexibility index (Phi) is 7.52. The van der Waals surface area contributed by atoms with Crippen LogP contribution in [0, 0.1) is 30.6 Å². The molecule has 7 nitrogen and oxygen atoms in total. The number of hydrogen-bond acceptors (Lipinski definition) is 5. The summed E-state index contributed by atoms with van der Waals surface area (Å²) in [5, 5.41) is 12.6. The molecule has 4 amide bonds. The molecule has 1 saturated carbocycles. The Morgan fingerprint density at radius 1 is 0.735 bits per heavy atom. The number of carbonyl (C=O) groups is 4. The smallest absolute Gasteiger partial charge is 0.246 e. The van der Waals surface area contributed by atoms with Gasteiger partial charge in [-0.1, -0.05) is 88.9 Å². The van der Waals surface area contributed by atoms with E-state index >= 15 is 4.79 Å². The molecule has 4 aliphatic rings. The van der Waals surface area contributed by atoms with Crippen molar-refractivity contribution >= 4 is 69.8 Å². The zero-order chi connectivity index (χ0) is 34.4. The number of nitrogens with zero attached hydrogens (tertiary/aromatic N) is 2. The SMILES string of the molecule is Cc1ccc(N2C(=O)[C@H]3[C@H](CC=C4[C@H]3C[C@H]3C(=O)N(c5cccc(Cl)c5)C(=O)[C@@]3(c3ccccc3)[C@H]4c3cc(Cl)ccc3O)C2=O)cc1Cl. The van der Waals surface area contributed by atoms with Crippen LogP contribution in [0.25, 0.3) is 0 Å². The van der Waals surface area contributed by atoms with Crippen LogP contribution in [0.15, 0.2) is 103 Å². The van der Waals surface area contributed by atoms with Crippen molar-refractivity contribution in [2.24, 2.45) is 23.7 Å². The van der Waals surface area contributed by atoms with Crippen LogP contribution >= 0.6 is 34.8 Å². The Bertz CT molecular complexity index is 2130. The highest BCUT2D eigenvalue weighted by Gasteiger charge is 2.70. The number of phenols is 1. The molecular formula is C39H29Cl3N2O5. The van der Waals surface area contributed by atoms with Crippen LogP contribution in [0.5, 0.6) is 5.75 Å². The molecule has 0 aromatic heterocycles. The van der Waals surface area contributed by atoms with E-state index < -0.39 is 46.8 Å². The van der Waals surface area contributed by atoms with Crippen molar-refractivity contribution in [3.63, 3.8) is 0 Å². The summed E-state index contributed by atoms with van der Waals surface area (Å²) < 4.78 is 0. The molecule has 0 radical (unpaired) electrons. The third-order valence-corrected chi connectivity index (χ3v) is 11.8. The number of hydrogen-bond donors (Lipinski definition) is 1. The van der Waals surface area contributed by atoms with Crippen molar-refractivity contribution in [2.75, 3.05) is 9.80 Å². The van der Waals surface area contributed by atoms with Gasteiger partial charge in [0.05, 0.1) is 34.5 Å². The molecule has 0 spiro atoms. The number of anilines is 2. The molecule has 1 N–H and O–H groups in total. The van der Waals surface area contributed by atoms with Crippen LogP contribution in [0.3, 0.4) is 0 Å². The Morgan fingerprint density at radius 2 is 1.47 bits per heavy atom. The van der Waals surface area contributed by atoms with Crippen LogP contribution in [0.4, 0.5) is 11.4 Å². The highest BCUT2D eigenvalue weighted by atomic mass is 35.5. The number of fused-ring (bicyclic) bond motifs is 4. The monoisotopic (exact) mass is 710 g/mol. The predicted octanol–water partition coefficient (Wildman–Crippen LogP) is 8.03. The average molecular weight is 712 g/mol. The lowest BCUT2D eigenvalue weighted by molar-refractivity contribution is -0.127. The summed E-state index contributed by atoms with van der Waals surface area (Å²) in [4.78, 5) is 60.9. The van der Waals surface area contributed by atoms with Crippen molar-refractivity contribution in [2.45, 2.75) is 31.1 Å². The van der Waals surface area contributed by atoms with Gasteiger partial charge in [0.15, 0.2) is 0 Å². The summed E-state index contributed by atoms with van der Waals surface area (Å²) in [6.45, 7) is 1.84. The lowest BCUT2D eigenvalue weighted by Crippen LogP contribution is -2.53. The zero-order valence-corrected chi connectivity index (χ0v) is 28.4. The van der Waals surface area contributed by atoms with Crippen LogP contribution < -0.4 is 9.80 Å². The Hall–Kier alpha value is -4.43. The number of imide groups is 2. The quantitative estimate of drug-likeness (QED) is 0.171. The van der Waals surface area contributed by atoms with E-state index in [0.717, 1.165) is 11.1 Å². The van der Waals surface area contributed by atoms with E-state index in [2.05, 4.69) is 0 Å². The number of carbonyl (C=O) groups excluding carboxylic acids is 4. The molecule has 246 valence electrons. The zero-order valence-electron chi connectivity index (χ0n) is 26.1. The largest absolute Gasteiger partial charge is 0.508 e. The predicted molar refractivity (Wildman–Crippen MR) is 188 cm³/mol. The summed E-state index contributed by atoms with van der Waals surface area (Å²) in [6.07, 6.45) is 2.31. The first kappa shape index (κ1) is 31.8. The number of allylic oxidation sites excluding steroid dienone is 2. The maximum absolute atomic E-state index is 15.3. The van der Waals surface area contributed by atoms with E-state index in [-0.39, 0.29) is 30.4 Å². The second-order valence-electron chi connectivity index (χ2n) is 13.2. The molecule has 8 rings (SSSR count). The van der Waals surface area contributed by atoms with E-state index in [9.17, 15) is 19.5 Å². The number of aromatic hydroxyl groups is 1. The van der Waals surface area contributed by atoms with Gasteiger partial charge in [-0.05, 0) is 85.3 Å². The fourth-order valence-electron chi connectivity index (χ4n) is 8.82. The van der Waals surface area contributed by atoms with Crippen LogP contribution in [0.1, 0.15) is 35.4 Å². The van der Waals surface area contributed by atoms with E-state index in [1.54, 1.807) is 54.6 Å². The molecule has 2 heterocycles. The first-order chi connectivity index (χ1) is 23.5. The lowest BCUT2D eigenvalue weighted by atomic mass is 9.49. The van der Waals surface area contributed by atoms with Crippen molar-refractivity contribution in [1.29, 1.82) is 0 Å². The number of phenolic OH excluding ortho intramolecular Hbond substituents is 1. The van der Waals surface area contributed by atoms with Crippen molar-refractivity contribution < 1.29 is 24.3 Å². The van der Waals surface area contributed by atoms with Crippen LogP contribution in [-0.4, -0.2) is 28.7 Å². The lowest BCUT2D eigenvalue weighted by Gasteiger charge is -2.50. The van der Waals surface area contributed by atoms with Gasteiger partial charge in [0.1, 0.15) is 5.75 Å². The second kappa shape index (κ2) is 11.6. The van der Waals surface area contributed by atoms with Gasteiger partial charge in [0.2, 0.25) is 23.6 Å². The third-order valence-electron chi connectivity index (χ3n) is 10.9. The Balaban J connectivity index is 1.36. The molecule has 4 aromatic carbocycles. The van der Waals surface area contributed by atoms with Crippen molar-refractivity contribution in [3.8, 4) is 5.75 Å². The highest BCUT2D eigenvalue weighted by molar-refractivity contribution is 6.33. The average Bonchev–Trinajstić information content (AvgIpc) is 3.48. The fraction of sp³-hybridized carbons (Fsp3) is 0.231. The van der Waals surface area contributed by atoms with Crippen LogP contribution in [0.2, 0.25) is 15.1 Å². The fourth-order valence-corrected chi connectivity index (χ4v) is 9.36. The molecule has 0 bridgehead atoms. The van der Waals surface area contributed by atoms with Gasteiger partial charge in [0.25, 0.3) is 0 Å². The molecule has 2 aliphatic heterocycles. The van der Waals surface area contributed by atoms with E-state index in [1.165, 1.54) is 15.9 Å². The maximum Gasteiger partial charge on any atom is 0.246 e. The summed E-state index contributed by atoms with van der Waals surface area (Å²) >= 11 is 19.4. The summed E-state index contributed by atoms with van der Waals surface area (Å²) in [5.41, 5.74) is 1.69. The van der Waals surface area contributed by atoms with Gasteiger partial charge in [-0.2, -0.15) is 0 Å². The third kappa shape index (κ3) is 4.55. The van der Waals surface area contributed by atoms with E-state index in [0.29, 0.717) is 37.6 Å². The second-order valence-corrected chi connectivity index (χ2v) is 14.5. The van der Waals surface area contributed by atoms with Gasteiger partial charge in [-0.3, -0.25) is 19.2 Å². The first-order valence-corrected chi connectivity index (χ1v) is 17.2. The standard InChI is InChI=1S/C39H29Cl3N2O5/c1-20-10-12-25(18-31(20)42)43-35(46)27-14-13-26-28(33(27)37(43)48)19-30-36(47)44(24-9-5-8-22(40)16-24)38(49)39(30,21-6-3-2-4-7-21)34(26)29-17-23(41)11-15-32(29)45/h2-13,15-18,27-28,30,33-34,45H,14,19H2,1H3/t27-,28+,30-,33-,34+,39+/m0/s1. The molecule has 0 unspecified atom stereocenters. The minimum absolute atomic E-state index is 0.0988. The highest BCUT2D eigenvalue weighted by Crippen LogP contribution is 2.65. The minimum atomic E-state index is -1.52. The molecular weight excluding hydrogens is 683 g/mol. The molecule has 2 saturated heterocycles. The minimum Gasteiger partial charge on any atom is -0.508 e. The number of halogens is 3. The Labute approximate surface area is 297 Å². The van der Waals surface area contributed by atoms with E-state index in [1.807, 2.05) is 43.3 Å². The van der Waals surface area contributed by atoms with Gasteiger partial charge in [0, 0.05) is 26.5 Å².